The molecule has 0 spiro atoms. The Morgan fingerprint density at radius 2 is 2.28 bits per heavy atom. The van der Waals surface area contributed by atoms with E-state index in [1.807, 2.05) is 13.8 Å². The lowest BCUT2D eigenvalue weighted by Crippen LogP contribution is -2.15. The molecule has 18 heavy (non-hydrogen) atoms. The van der Waals surface area contributed by atoms with Crippen molar-refractivity contribution in [2.45, 2.75) is 52.0 Å². The molecule has 1 atom stereocenters. The van der Waals surface area contributed by atoms with Gasteiger partial charge in [0.05, 0.1) is 25.9 Å². The van der Waals surface area contributed by atoms with E-state index >= 15 is 0 Å². The number of aryl methyl sites for hydroxylation is 1. The molecule has 0 aromatic carbocycles. The molecule has 0 amide bonds. The summed E-state index contributed by atoms with van der Waals surface area (Å²) in [5, 5.41) is 3.44. The second kappa shape index (κ2) is 6.36. The SMILES string of the molecule is COCC(C)OCc1cc(CNC2CC2)oc1C. The summed E-state index contributed by atoms with van der Waals surface area (Å²) in [4.78, 5) is 0. The highest BCUT2D eigenvalue weighted by Crippen LogP contribution is 2.21. The first kappa shape index (κ1) is 13.6. The summed E-state index contributed by atoms with van der Waals surface area (Å²) in [6, 6.07) is 2.79. The molecule has 1 heterocycles. The van der Waals surface area contributed by atoms with Gasteiger partial charge >= 0.3 is 0 Å². The highest BCUT2D eigenvalue weighted by molar-refractivity contribution is 5.20. The van der Waals surface area contributed by atoms with E-state index in [-0.39, 0.29) is 6.10 Å². The van der Waals surface area contributed by atoms with Crippen LogP contribution in [0.5, 0.6) is 0 Å². The largest absolute Gasteiger partial charge is 0.465 e. The number of methoxy groups -OCH3 is 1. The Balaban J connectivity index is 1.79. The van der Waals surface area contributed by atoms with Crippen LogP contribution < -0.4 is 5.32 Å². The van der Waals surface area contributed by atoms with Crippen LogP contribution in [-0.4, -0.2) is 25.9 Å². The molecule has 102 valence electrons. The van der Waals surface area contributed by atoms with Gasteiger partial charge in [0.1, 0.15) is 11.5 Å². The van der Waals surface area contributed by atoms with E-state index in [1.54, 1.807) is 7.11 Å². The summed E-state index contributed by atoms with van der Waals surface area (Å²) in [5.74, 6) is 1.95. The molecule has 0 bridgehead atoms. The normalized spacial score (nSPS) is 17.1. The Hall–Kier alpha value is -0.840. The summed E-state index contributed by atoms with van der Waals surface area (Å²) >= 11 is 0. The molecule has 1 aromatic heterocycles. The molecular weight excluding hydrogens is 230 g/mol. The molecule has 4 heteroatoms. The number of ether oxygens (including phenoxy) is 2. The third-order valence-electron chi connectivity index (χ3n) is 3.14. The van der Waals surface area contributed by atoms with Crippen molar-refractivity contribution in [2.75, 3.05) is 13.7 Å². The summed E-state index contributed by atoms with van der Waals surface area (Å²) in [5.41, 5.74) is 1.13. The van der Waals surface area contributed by atoms with Gasteiger partial charge in [-0.25, -0.2) is 0 Å². The minimum atomic E-state index is 0.109. The van der Waals surface area contributed by atoms with Gasteiger partial charge in [-0.05, 0) is 32.8 Å². The van der Waals surface area contributed by atoms with Crippen molar-refractivity contribution in [1.29, 1.82) is 0 Å². The minimum Gasteiger partial charge on any atom is -0.465 e. The van der Waals surface area contributed by atoms with Crippen LogP contribution in [0, 0.1) is 6.92 Å². The van der Waals surface area contributed by atoms with Gasteiger partial charge in [0.2, 0.25) is 0 Å². The van der Waals surface area contributed by atoms with Crippen molar-refractivity contribution >= 4 is 0 Å². The van der Waals surface area contributed by atoms with Gasteiger partial charge in [-0.1, -0.05) is 0 Å². The maximum atomic E-state index is 5.71. The Bertz CT molecular complexity index is 371. The molecule has 0 aliphatic heterocycles. The van der Waals surface area contributed by atoms with E-state index in [2.05, 4.69) is 11.4 Å². The number of nitrogens with one attached hydrogen (secondary N) is 1. The van der Waals surface area contributed by atoms with Crippen LogP contribution in [0.3, 0.4) is 0 Å². The molecule has 1 aliphatic rings. The monoisotopic (exact) mass is 253 g/mol. The Labute approximate surface area is 109 Å². The van der Waals surface area contributed by atoms with E-state index in [0.717, 1.165) is 23.6 Å². The molecule has 2 rings (SSSR count). The predicted molar refractivity (Wildman–Crippen MR) is 69.4 cm³/mol. The molecular formula is C14H23NO3. The number of hydrogen-bond acceptors (Lipinski definition) is 4. The zero-order chi connectivity index (χ0) is 13.0. The zero-order valence-corrected chi connectivity index (χ0v) is 11.5. The average Bonchev–Trinajstić information content (AvgIpc) is 3.09. The highest BCUT2D eigenvalue weighted by Gasteiger charge is 2.20. The third kappa shape index (κ3) is 4.12. The van der Waals surface area contributed by atoms with E-state index < -0.39 is 0 Å². The zero-order valence-electron chi connectivity index (χ0n) is 11.5. The maximum Gasteiger partial charge on any atom is 0.118 e. The van der Waals surface area contributed by atoms with Gasteiger partial charge in [0, 0.05) is 18.7 Å². The van der Waals surface area contributed by atoms with Crippen LogP contribution in [0.4, 0.5) is 0 Å². The van der Waals surface area contributed by atoms with Gasteiger partial charge < -0.3 is 19.2 Å². The Morgan fingerprint density at radius 1 is 1.50 bits per heavy atom. The van der Waals surface area contributed by atoms with Crippen molar-refractivity contribution in [3.8, 4) is 0 Å². The fourth-order valence-corrected chi connectivity index (χ4v) is 1.87. The first-order chi connectivity index (χ1) is 8.69. The molecule has 1 aromatic rings. The van der Waals surface area contributed by atoms with Crippen LogP contribution in [-0.2, 0) is 22.6 Å². The van der Waals surface area contributed by atoms with Crippen LogP contribution >= 0.6 is 0 Å². The standard InChI is InChI=1S/C14H23NO3/c1-10(8-16-3)17-9-12-6-14(18-11(12)2)7-15-13-4-5-13/h6,10,13,15H,4-5,7-9H2,1-3H3. The molecule has 1 unspecified atom stereocenters. The highest BCUT2D eigenvalue weighted by atomic mass is 16.5. The van der Waals surface area contributed by atoms with Crippen LogP contribution in [0.25, 0.3) is 0 Å². The smallest absolute Gasteiger partial charge is 0.118 e. The van der Waals surface area contributed by atoms with Crippen LogP contribution in [0.15, 0.2) is 10.5 Å². The Morgan fingerprint density at radius 3 is 2.94 bits per heavy atom. The second-order valence-corrected chi connectivity index (χ2v) is 5.03. The molecule has 1 saturated carbocycles. The summed E-state index contributed by atoms with van der Waals surface area (Å²) < 4.78 is 16.4. The fraction of sp³-hybridized carbons (Fsp3) is 0.714. The van der Waals surface area contributed by atoms with Crippen molar-refractivity contribution in [2.24, 2.45) is 0 Å². The number of furan rings is 1. The molecule has 0 radical (unpaired) electrons. The molecule has 0 saturated heterocycles. The maximum absolute atomic E-state index is 5.71. The second-order valence-electron chi connectivity index (χ2n) is 5.03. The molecule has 1 N–H and O–H groups in total. The van der Waals surface area contributed by atoms with Gasteiger partial charge in [-0.3, -0.25) is 0 Å². The average molecular weight is 253 g/mol. The summed E-state index contributed by atoms with van der Waals surface area (Å²) in [7, 11) is 1.69. The van der Waals surface area contributed by atoms with Gasteiger partial charge in [0.25, 0.3) is 0 Å². The van der Waals surface area contributed by atoms with Crippen molar-refractivity contribution in [3.63, 3.8) is 0 Å². The van der Waals surface area contributed by atoms with E-state index in [9.17, 15) is 0 Å². The van der Waals surface area contributed by atoms with Crippen LogP contribution in [0.2, 0.25) is 0 Å². The quantitative estimate of drug-likeness (QED) is 0.772. The third-order valence-corrected chi connectivity index (χ3v) is 3.14. The molecule has 1 fully saturated rings. The van der Waals surface area contributed by atoms with Crippen molar-refractivity contribution < 1.29 is 13.9 Å². The van der Waals surface area contributed by atoms with Gasteiger partial charge in [-0.2, -0.15) is 0 Å². The lowest BCUT2D eigenvalue weighted by atomic mass is 10.2. The molecule has 1 aliphatic carbocycles. The minimum absolute atomic E-state index is 0.109. The lowest BCUT2D eigenvalue weighted by molar-refractivity contribution is -0.000504. The van der Waals surface area contributed by atoms with Crippen LogP contribution in [0.1, 0.15) is 36.8 Å². The van der Waals surface area contributed by atoms with Gasteiger partial charge in [0.15, 0.2) is 0 Å². The number of hydrogen-bond donors (Lipinski definition) is 1. The summed E-state index contributed by atoms with van der Waals surface area (Å²) in [6.45, 7) is 6.02. The Kier molecular flexibility index (Phi) is 4.80. The van der Waals surface area contributed by atoms with Crippen molar-refractivity contribution in [3.05, 3.63) is 23.2 Å². The molecule has 4 nitrogen and oxygen atoms in total. The van der Waals surface area contributed by atoms with E-state index in [0.29, 0.717) is 19.3 Å². The summed E-state index contributed by atoms with van der Waals surface area (Å²) in [6.07, 6.45) is 2.70. The van der Waals surface area contributed by atoms with Crippen molar-refractivity contribution in [1.82, 2.24) is 5.32 Å². The lowest BCUT2D eigenvalue weighted by Gasteiger charge is -2.10. The first-order valence-corrected chi connectivity index (χ1v) is 6.61. The fourth-order valence-electron chi connectivity index (χ4n) is 1.87. The van der Waals surface area contributed by atoms with E-state index in [1.165, 1.54) is 12.8 Å². The van der Waals surface area contributed by atoms with Gasteiger partial charge in [-0.15, -0.1) is 0 Å². The first-order valence-electron chi connectivity index (χ1n) is 6.61. The predicted octanol–water partition coefficient (Wildman–Crippen LogP) is 2.39. The van der Waals surface area contributed by atoms with E-state index in [4.69, 9.17) is 13.9 Å². The topological polar surface area (TPSA) is 43.6 Å². The number of rotatable bonds is 8.